The quantitative estimate of drug-likeness (QED) is 0.472. The molecule has 5 rings (SSSR count). The molecule has 0 spiro atoms. The number of fused-ring (bicyclic) bond motifs is 1. The van der Waals surface area contributed by atoms with Gasteiger partial charge >= 0.3 is 0 Å². The van der Waals surface area contributed by atoms with E-state index in [1.807, 2.05) is 73.1 Å². The van der Waals surface area contributed by atoms with Gasteiger partial charge in [0.25, 0.3) is 5.56 Å². The van der Waals surface area contributed by atoms with Crippen molar-refractivity contribution in [2.75, 3.05) is 19.6 Å². The fourth-order valence-electron chi connectivity index (χ4n) is 4.21. The van der Waals surface area contributed by atoms with Gasteiger partial charge in [0.2, 0.25) is 0 Å². The molecule has 1 saturated heterocycles. The van der Waals surface area contributed by atoms with Crippen molar-refractivity contribution in [1.29, 1.82) is 0 Å². The van der Waals surface area contributed by atoms with E-state index in [0.29, 0.717) is 0 Å². The van der Waals surface area contributed by atoms with E-state index in [4.69, 9.17) is 0 Å². The summed E-state index contributed by atoms with van der Waals surface area (Å²) in [6.45, 7) is 4.33. The first-order valence-electron chi connectivity index (χ1n) is 10.9. The Kier molecular flexibility index (Phi) is 5.50. The maximum Gasteiger partial charge on any atom is 0.255 e. The van der Waals surface area contributed by atoms with Crippen LogP contribution in [0.1, 0.15) is 24.0 Å². The van der Waals surface area contributed by atoms with Crippen molar-refractivity contribution in [2.45, 2.75) is 19.4 Å². The fourth-order valence-corrected chi connectivity index (χ4v) is 4.21. The lowest BCUT2D eigenvalue weighted by molar-refractivity contribution is 0.318. The molecule has 2 aromatic heterocycles. The molecule has 5 heteroatoms. The summed E-state index contributed by atoms with van der Waals surface area (Å²) in [5, 5.41) is 5.63. The van der Waals surface area contributed by atoms with Gasteiger partial charge in [-0.2, -0.15) is 5.10 Å². The minimum atomic E-state index is -0.0454. The van der Waals surface area contributed by atoms with E-state index in [0.717, 1.165) is 40.8 Å². The van der Waals surface area contributed by atoms with Crippen LogP contribution in [-0.4, -0.2) is 38.9 Å². The van der Waals surface area contributed by atoms with Crippen LogP contribution >= 0.6 is 0 Å². The molecule has 0 radical (unpaired) electrons. The lowest BCUT2D eigenvalue weighted by Crippen LogP contribution is -2.24. The molecule has 31 heavy (non-hydrogen) atoms. The van der Waals surface area contributed by atoms with Gasteiger partial charge in [-0.3, -0.25) is 14.0 Å². The zero-order chi connectivity index (χ0) is 21.0. The normalized spacial score (nSPS) is 14.7. The van der Waals surface area contributed by atoms with Crippen molar-refractivity contribution in [3.05, 3.63) is 94.5 Å². The van der Waals surface area contributed by atoms with Gasteiger partial charge in [-0.05, 0) is 61.3 Å². The first-order valence-corrected chi connectivity index (χ1v) is 10.9. The Morgan fingerprint density at radius 3 is 2.48 bits per heavy atom. The highest BCUT2D eigenvalue weighted by Gasteiger charge is 2.12. The van der Waals surface area contributed by atoms with E-state index in [9.17, 15) is 4.79 Å². The first kappa shape index (κ1) is 19.5. The van der Waals surface area contributed by atoms with Gasteiger partial charge in [-0.15, -0.1) is 0 Å². The van der Waals surface area contributed by atoms with Gasteiger partial charge < -0.3 is 4.90 Å². The van der Waals surface area contributed by atoms with Crippen molar-refractivity contribution in [3.8, 4) is 5.69 Å². The minimum Gasteiger partial charge on any atom is -0.301 e. The maximum atomic E-state index is 12.7. The van der Waals surface area contributed by atoms with Crippen molar-refractivity contribution in [3.63, 3.8) is 0 Å². The number of likely N-dealkylation sites (tertiary alicyclic amines) is 1. The topological polar surface area (TPSA) is 43.1 Å². The molecule has 0 amide bonds. The van der Waals surface area contributed by atoms with E-state index in [2.05, 4.69) is 20.7 Å². The average Bonchev–Trinajstić information content (AvgIpc) is 3.46. The molecule has 4 aromatic rings. The van der Waals surface area contributed by atoms with Crippen LogP contribution in [0, 0.1) is 0 Å². The number of pyridine rings is 1. The smallest absolute Gasteiger partial charge is 0.255 e. The van der Waals surface area contributed by atoms with Gasteiger partial charge in [-0.25, -0.2) is 0 Å². The van der Waals surface area contributed by atoms with Crippen molar-refractivity contribution in [2.24, 2.45) is 0 Å². The Morgan fingerprint density at radius 2 is 1.68 bits per heavy atom. The van der Waals surface area contributed by atoms with Crippen LogP contribution in [0.15, 0.2) is 77.9 Å². The molecule has 3 heterocycles. The Labute approximate surface area is 181 Å². The predicted octanol–water partition coefficient (Wildman–Crippen LogP) is 4.45. The standard InChI is InChI=1S/C26H26N4O/c31-26-18-22(9-8-21-6-2-1-3-7-21)12-15-29(26)24-10-11-25-23(19-24)20-27-30(25)17-16-28-13-4-5-14-28/h1-3,6-12,15,18-20H,4-5,13-14,16-17H2. The molecule has 0 N–H and O–H groups in total. The van der Waals surface area contributed by atoms with Crippen LogP contribution < -0.4 is 5.56 Å². The molecule has 1 aliphatic heterocycles. The largest absolute Gasteiger partial charge is 0.301 e. The lowest BCUT2D eigenvalue weighted by Gasteiger charge is -2.14. The van der Waals surface area contributed by atoms with E-state index in [-0.39, 0.29) is 5.56 Å². The summed E-state index contributed by atoms with van der Waals surface area (Å²) < 4.78 is 3.75. The third-order valence-corrected chi connectivity index (χ3v) is 5.94. The molecule has 0 saturated carbocycles. The summed E-state index contributed by atoms with van der Waals surface area (Å²) >= 11 is 0. The number of rotatable bonds is 6. The molecule has 0 bridgehead atoms. The first-order chi connectivity index (χ1) is 15.3. The minimum absolute atomic E-state index is 0.0454. The summed E-state index contributed by atoms with van der Waals surface area (Å²) in [7, 11) is 0. The van der Waals surface area contributed by atoms with Crippen LogP contribution in [0.4, 0.5) is 0 Å². The summed E-state index contributed by atoms with van der Waals surface area (Å²) in [6, 6.07) is 19.8. The molecule has 0 unspecified atom stereocenters. The Morgan fingerprint density at radius 1 is 0.871 bits per heavy atom. The van der Waals surface area contributed by atoms with Gasteiger partial charge in [0.05, 0.1) is 18.3 Å². The van der Waals surface area contributed by atoms with Crippen LogP contribution in [0.2, 0.25) is 0 Å². The third kappa shape index (κ3) is 4.37. The Balaban J connectivity index is 1.35. The third-order valence-electron chi connectivity index (χ3n) is 5.94. The zero-order valence-corrected chi connectivity index (χ0v) is 17.5. The van der Waals surface area contributed by atoms with Gasteiger partial charge in [-0.1, -0.05) is 42.5 Å². The van der Waals surface area contributed by atoms with Gasteiger partial charge in [0, 0.05) is 29.9 Å². The predicted molar refractivity (Wildman–Crippen MR) is 126 cm³/mol. The molecule has 1 aliphatic rings. The second-order valence-corrected chi connectivity index (χ2v) is 8.07. The molecular formula is C26H26N4O. The highest BCUT2D eigenvalue weighted by atomic mass is 16.1. The fraction of sp³-hybridized carbons (Fsp3) is 0.231. The van der Waals surface area contributed by atoms with Crippen LogP contribution in [0.3, 0.4) is 0 Å². The van der Waals surface area contributed by atoms with Gasteiger partial charge in [0.1, 0.15) is 0 Å². The highest BCUT2D eigenvalue weighted by molar-refractivity contribution is 5.81. The molecule has 156 valence electrons. The highest BCUT2D eigenvalue weighted by Crippen LogP contribution is 2.19. The second kappa shape index (κ2) is 8.74. The van der Waals surface area contributed by atoms with E-state index < -0.39 is 0 Å². The van der Waals surface area contributed by atoms with Gasteiger partial charge in [0.15, 0.2) is 0 Å². The second-order valence-electron chi connectivity index (χ2n) is 8.07. The number of aromatic nitrogens is 3. The van der Waals surface area contributed by atoms with Crippen molar-refractivity contribution >= 4 is 23.1 Å². The Hall–Kier alpha value is -3.44. The summed E-state index contributed by atoms with van der Waals surface area (Å²) in [5.74, 6) is 0. The lowest BCUT2D eigenvalue weighted by atomic mass is 10.1. The van der Waals surface area contributed by atoms with Crippen LogP contribution in [0.25, 0.3) is 28.7 Å². The van der Waals surface area contributed by atoms with Crippen LogP contribution in [0.5, 0.6) is 0 Å². The average molecular weight is 411 g/mol. The summed E-state index contributed by atoms with van der Waals surface area (Å²) in [5.41, 5.74) is 3.92. The number of nitrogens with zero attached hydrogens (tertiary/aromatic N) is 4. The maximum absolute atomic E-state index is 12.7. The molecular weight excluding hydrogens is 384 g/mol. The summed E-state index contributed by atoms with van der Waals surface area (Å²) in [4.78, 5) is 15.2. The molecule has 5 nitrogen and oxygen atoms in total. The zero-order valence-electron chi connectivity index (χ0n) is 17.5. The van der Waals surface area contributed by atoms with E-state index in [1.165, 1.54) is 25.9 Å². The van der Waals surface area contributed by atoms with Crippen LogP contribution in [-0.2, 0) is 6.54 Å². The Bertz CT molecular complexity index is 1260. The van der Waals surface area contributed by atoms with Crippen molar-refractivity contribution in [1.82, 2.24) is 19.2 Å². The SMILES string of the molecule is O=c1cc(C=Cc2ccccc2)ccn1-c1ccc2c(cnn2CCN2CCCC2)c1. The van der Waals surface area contributed by atoms with E-state index >= 15 is 0 Å². The molecule has 0 atom stereocenters. The molecule has 0 aliphatic carbocycles. The van der Waals surface area contributed by atoms with E-state index in [1.54, 1.807) is 10.6 Å². The number of hydrogen-bond acceptors (Lipinski definition) is 3. The molecule has 1 fully saturated rings. The van der Waals surface area contributed by atoms with Crippen molar-refractivity contribution < 1.29 is 0 Å². The molecule has 2 aromatic carbocycles. The monoisotopic (exact) mass is 410 g/mol. The summed E-state index contributed by atoms with van der Waals surface area (Å²) in [6.07, 6.45) is 10.3. The number of hydrogen-bond donors (Lipinski definition) is 0. The number of benzene rings is 2.